The van der Waals surface area contributed by atoms with Crippen LogP contribution >= 0.6 is 0 Å². The molecule has 5 heteroatoms. The topological polar surface area (TPSA) is 94.8 Å². The molecule has 1 saturated carbocycles. The van der Waals surface area contributed by atoms with Gasteiger partial charge in [0.05, 0.1) is 11.0 Å². The van der Waals surface area contributed by atoms with Crippen molar-refractivity contribution in [2.45, 2.75) is 58.0 Å². The predicted molar refractivity (Wildman–Crippen MR) is 92.6 cm³/mol. The molecule has 5 nitrogen and oxygen atoms in total. The Morgan fingerprint density at radius 3 is 2.40 bits per heavy atom. The first-order valence-electron chi connectivity index (χ1n) is 8.52. The maximum absolute atomic E-state index is 12.8. The van der Waals surface area contributed by atoms with Crippen molar-refractivity contribution in [2.75, 3.05) is 0 Å². The number of aliphatic carboxylic acids is 1. The molecular weight excluding hydrogens is 320 g/mol. The van der Waals surface area contributed by atoms with Crippen molar-refractivity contribution in [1.29, 1.82) is 0 Å². The Labute approximate surface area is 147 Å². The molecule has 0 radical (unpaired) electrons. The summed E-state index contributed by atoms with van der Waals surface area (Å²) in [4.78, 5) is 24.8. The Balaban J connectivity index is 2.29. The third-order valence-corrected chi connectivity index (χ3v) is 5.95. The first-order chi connectivity index (χ1) is 11.4. The highest BCUT2D eigenvalue weighted by molar-refractivity contribution is 6.11. The Morgan fingerprint density at radius 1 is 1.20 bits per heavy atom. The number of hydrogen-bond donors (Lipinski definition) is 3. The van der Waals surface area contributed by atoms with E-state index >= 15 is 0 Å². The molecule has 0 bridgehead atoms. The van der Waals surface area contributed by atoms with E-state index in [4.69, 9.17) is 0 Å². The van der Waals surface area contributed by atoms with E-state index in [2.05, 4.69) is 0 Å². The Hall–Kier alpha value is -2.14. The van der Waals surface area contributed by atoms with E-state index < -0.39 is 33.9 Å². The number of rotatable bonds is 2. The summed E-state index contributed by atoms with van der Waals surface area (Å²) in [7, 11) is 0. The lowest BCUT2D eigenvalue weighted by Gasteiger charge is -2.48. The number of carboxylic acid groups (broad SMARTS) is 1. The molecule has 0 spiro atoms. The number of benzene rings is 1. The van der Waals surface area contributed by atoms with Crippen LogP contribution in [0.25, 0.3) is 0 Å². The number of carboxylic acids is 1. The van der Waals surface area contributed by atoms with Crippen LogP contribution in [0.1, 0.15) is 68.4 Å². The molecule has 0 heterocycles. The lowest BCUT2D eigenvalue weighted by molar-refractivity contribution is -0.147. The normalized spacial score (nSPS) is 29.2. The molecule has 0 unspecified atom stereocenters. The maximum atomic E-state index is 12.8. The molecule has 0 amide bonds. The number of fused-ring (bicyclic) bond motifs is 3. The third-order valence-electron chi connectivity index (χ3n) is 5.95. The van der Waals surface area contributed by atoms with Gasteiger partial charge in [-0.15, -0.1) is 0 Å². The molecule has 2 aliphatic carbocycles. The lowest BCUT2D eigenvalue weighted by atomic mass is 9.54. The summed E-state index contributed by atoms with van der Waals surface area (Å²) in [5, 5.41) is 30.7. The van der Waals surface area contributed by atoms with Gasteiger partial charge in [-0.1, -0.05) is 25.5 Å². The maximum Gasteiger partial charge on any atom is 0.313 e. The minimum Gasteiger partial charge on any atom is -0.504 e. The highest BCUT2D eigenvalue weighted by Crippen LogP contribution is 2.56. The quantitative estimate of drug-likeness (QED) is 0.764. The SMILES string of the molecule is CC(C)(O)c1ccc2c(c1)C(=O)C(O)=C1[C@](C)(C(=O)O)CCC[C@@]12C. The predicted octanol–water partition coefficient (Wildman–Crippen LogP) is 3.45. The standard InChI is InChI=1S/C20H24O5/c1-18(2,25)11-6-7-13-12(10-11)14(21)15(22)16-19(13,3)8-5-9-20(16,4)17(23)24/h6-7,10,22,25H,5,8-9H2,1-4H3,(H,23,24)/t19-,20-/m1/s1. The number of aliphatic hydroxyl groups excluding tert-OH is 1. The van der Waals surface area contributed by atoms with Crippen LogP contribution < -0.4 is 0 Å². The van der Waals surface area contributed by atoms with Crippen LogP contribution in [0.5, 0.6) is 0 Å². The lowest BCUT2D eigenvalue weighted by Crippen LogP contribution is -2.47. The molecule has 25 heavy (non-hydrogen) atoms. The van der Waals surface area contributed by atoms with E-state index in [0.717, 1.165) is 5.56 Å². The van der Waals surface area contributed by atoms with Gasteiger partial charge in [-0.05, 0) is 50.8 Å². The summed E-state index contributed by atoms with van der Waals surface area (Å²) in [5.74, 6) is -2.04. The average Bonchev–Trinajstić information content (AvgIpc) is 2.51. The van der Waals surface area contributed by atoms with Crippen molar-refractivity contribution in [3.05, 3.63) is 46.2 Å². The summed E-state index contributed by atoms with van der Waals surface area (Å²) in [6, 6.07) is 5.17. The molecule has 3 rings (SSSR count). The molecule has 1 fully saturated rings. The fourth-order valence-electron chi connectivity index (χ4n) is 4.50. The van der Waals surface area contributed by atoms with Crippen LogP contribution in [-0.4, -0.2) is 27.1 Å². The summed E-state index contributed by atoms with van der Waals surface area (Å²) < 4.78 is 0. The van der Waals surface area contributed by atoms with Gasteiger partial charge in [0, 0.05) is 16.6 Å². The fourth-order valence-corrected chi connectivity index (χ4v) is 4.50. The summed E-state index contributed by atoms with van der Waals surface area (Å²) in [5.41, 5.74) is -1.12. The minimum atomic E-state index is -1.26. The number of Topliss-reactive ketones (excluding diaryl/α,β-unsaturated/α-hetero) is 1. The summed E-state index contributed by atoms with van der Waals surface area (Å²) in [6.07, 6.45) is 1.75. The minimum absolute atomic E-state index is 0.312. The van der Waals surface area contributed by atoms with E-state index in [9.17, 15) is 24.9 Å². The molecule has 0 saturated heterocycles. The molecule has 0 aliphatic heterocycles. The Bertz CT molecular complexity index is 814. The third kappa shape index (κ3) is 2.33. The van der Waals surface area contributed by atoms with E-state index in [-0.39, 0.29) is 0 Å². The number of carbonyl (C=O) groups excluding carboxylic acids is 1. The van der Waals surface area contributed by atoms with Gasteiger partial charge in [-0.25, -0.2) is 0 Å². The van der Waals surface area contributed by atoms with Crippen molar-refractivity contribution >= 4 is 11.8 Å². The summed E-state index contributed by atoms with van der Waals surface area (Å²) >= 11 is 0. The van der Waals surface area contributed by atoms with Crippen LogP contribution in [0.4, 0.5) is 0 Å². The average molecular weight is 344 g/mol. The van der Waals surface area contributed by atoms with Gasteiger partial charge in [-0.3, -0.25) is 9.59 Å². The van der Waals surface area contributed by atoms with Gasteiger partial charge in [0.1, 0.15) is 0 Å². The van der Waals surface area contributed by atoms with Crippen LogP contribution in [0.15, 0.2) is 29.5 Å². The van der Waals surface area contributed by atoms with Crippen LogP contribution in [0.3, 0.4) is 0 Å². The zero-order chi connectivity index (χ0) is 18.8. The number of carbonyl (C=O) groups is 2. The van der Waals surface area contributed by atoms with Gasteiger partial charge >= 0.3 is 5.97 Å². The number of allylic oxidation sites excluding steroid dienone is 1. The van der Waals surface area contributed by atoms with E-state index in [1.807, 2.05) is 6.92 Å². The second kappa shape index (κ2) is 5.18. The molecule has 0 aromatic heterocycles. The summed E-state index contributed by atoms with van der Waals surface area (Å²) in [6.45, 7) is 6.75. The molecular formula is C20H24O5. The van der Waals surface area contributed by atoms with Crippen molar-refractivity contribution in [2.24, 2.45) is 5.41 Å². The fraction of sp³-hybridized carbons (Fsp3) is 0.500. The molecule has 3 N–H and O–H groups in total. The molecule has 1 aromatic carbocycles. The molecule has 2 aliphatic rings. The first-order valence-corrected chi connectivity index (χ1v) is 8.52. The number of ketones is 1. The van der Waals surface area contributed by atoms with Gasteiger partial charge in [-0.2, -0.15) is 0 Å². The molecule has 134 valence electrons. The van der Waals surface area contributed by atoms with E-state index in [1.54, 1.807) is 39.0 Å². The Morgan fingerprint density at radius 2 is 1.84 bits per heavy atom. The van der Waals surface area contributed by atoms with Gasteiger partial charge in [0.25, 0.3) is 0 Å². The largest absolute Gasteiger partial charge is 0.504 e. The van der Waals surface area contributed by atoms with Crippen LogP contribution in [0.2, 0.25) is 0 Å². The number of hydrogen-bond acceptors (Lipinski definition) is 4. The van der Waals surface area contributed by atoms with Gasteiger partial charge in [0.15, 0.2) is 5.76 Å². The zero-order valence-corrected chi connectivity index (χ0v) is 15.0. The van der Waals surface area contributed by atoms with Crippen molar-refractivity contribution in [3.63, 3.8) is 0 Å². The van der Waals surface area contributed by atoms with E-state index in [1.165, 1.54) is 0 Å². The highest BCUT2D eigenvalue weighted by Gasteiger charge is 2.55. The second-order valence-electron chi connectivity index (χ2n) is 8.20. The van der Waals surface area contributed by atoms with Crippen molar-refractivity contribution in [1.82, 2.24) is 0 Å². The Kier molecular flexibility index (Phi) is 3.66. The van der Waals surface area contributed by atoms with Gasteiger partial charge < -0.3 is 15.3 Å². The highest BCUT2D eigenvalue weighted by atomic mass is 16.4. The zero-order valence-electron chi connectivity index (χ0n) is 15.0. The van der Waals surface area contributed by atoms with Crippen LogP contribution in [0, 0.1) is 5.41 Å². The van der Waals surface area contributed by atoms with Crippen molar-refractivity contribution < 1.29 is 24.9 Å². The first kappa shape index (κ1) is 17.7. The van der Waals surface area contributed by atoms with Crippen LogP contribution in [-0.2, 0) is 15.8 Å². The number of aliphatic hydroxyl groups is 2. The van der Waals surface area contributed by atoms with Crippen molar-refractivity contribution in [3.8, 4) is 0 Å². The second-order valence-corrected chi connectivity index (χ2v) is 8.20. The molecule has 2 atom stereocenters. The monoisotopic (exact) mass is 344 g/mol. The van der Waals surface area contributed by atoms with E-state index in [0.29, 0.717) is 36.0 Å². The van der Waals surface area contributed by atoms with Gasteiger partial charge in [0.2, 0.25) is 5.78 Å². The molecule has 1 aromatic rings. The smallest absolute Gasteiger partial charge is 0.313 e.